The molecule has 1 aromatic carbocycles. The van der Waals surface area contributed by atoms with Crippen molar-refractivity contribution in [2.45, 2.75) is 19.4 Å². The second kappa shape index (κ2) is 7.29. The van der Waals surface area contributed by atoms with Crippen LogP contribution in [-0.4, -0.2) is 37.2 Å². The van der Waals surface area contributed by atoms with Gasteiger partial charge >= 0.3 is 11.7 Å². The number of nitrogens with one attached hydrogen (secondary N) is 1. The molecular formula is C18H20N2O5. The van der Waals surface area contributed by atoms with Crippen LogP contribution in [0.5, 0.6) is 11.5 Å². The monoisotopic (exact) mass is 344 g/mol. The molecule has 1 atom stereocenters. The van der Waals surface area contributed by atoms with E-state index in [9.17, 15) is 9.59 Å². The number of nitrogens with zero attached hydrogens (tertiary/aromatic N) is 1. The van der Waals surface area contributed by atoms with Crippen molar-refractivity contribution in [2.75, 3.05) is 25.5 Å². The maximum Gasteiger partial charge on any atom is 0.339 e. The first-order chi connectivity index (χ1) is 12.0. The number of amides is 2. The number of ether oxygens (including phenoxy) is 2. The Hall–Kier alpha value is -2.96. The van der Waals surface area contributed by atoms with E-state index >= 15 is 0 Å². The van der Waals surface area contributed by atoms with Gasteiger partial charge in [-0.15, -0.1) is 0 Å². The fourth-order valence-corrected chi connectivity index (χ4v) is 2.79. The van der Waals surface area contributed by atoms with E-state index in [1.165, 1.54) is 6.07 Å². The molecule has 25 heavy (non-hydrogen) atoms. The first-order valence-electron chi connectivity index (χ1n) is 8.02. The number of hydrogen-bond donors (Lipinski definition) is 1. The van der Waals surface area contributed by atoms with E-state index in [4.69, 9.17) is 13.9 Å². The number of methoxy groups -OCH3 is 1. The van der Waals surface area contributed by atoms with E-state index in [-0.39, 0.29) is 12.1 Å². The predicted octanol–water partition coefficient (Wildman–Crippen LogP) is 2.64. The van der Waals surface area contributed by atoms with Gasteiger partial charge in [-0.25, -0.2) is 9.59 Å². The average Bonchev–Trinajstić information content (AvgIpc) is 3.03. The molecule has 2 amide bonds. The molecule has 1 aliphatic heterocycles. The quantitative estimate of drug-likeness (QED) is 0.922. The number of anilines is 1. The van der Waals surface area contributed by atoms with E-state index < -0.39 is 5.63 Å². The molecular weight excluding hydrogens is 324 g/mol. The summed E-state index contributed by atoms with van der Waals surface area (Å²) in [6, 6.07) is 10.0. The minimum Gasteiger partial charge on any atom is -0.495 e. The van der Waals surface area contributed by atoms with Crippen LogP contribution >= 0.6 is 0 Å². The van der Waals surface area contributed by atoms with E-state index in [2.05, 4.69) is 5.32 Å². The lowest BCUT2D eigenvalue weighted by Crippen LogP contribution is -2.34. The molecule has 0 bridgehead atoms. The second-order valence-electron chi connectivity index (χ2n) is 5.83. The van der Waals surface area contributed by atoms with Gasteiger partial charge in [0.25, 0.3) is 0 Å². The molecule has 0 saturated carbocycles. The highest BCUT2D eigenvalue weighted by Crippen LogP contribution is 2.24. The van der Waals surface area contributed by atoms with E-state index in [0.29, 0.717) is 42.5 Å². The lowest BCUT2D eigenvalue weighted by Gasteiger charge is -2.19. The Bertz CT molecular complexity index is 817. The number of rotatable bonds is 4. The van der Waals surface area contributed by atoms with Gasteiger partial charge in [0.05, 0.1) is 25.4 Å². The SMILES string of the molecule is COc1ccccc1NC(=O)N1CC[C@@H](Oc2cc(C)oc(=O)c2)C1. The molecule has 0 unspecified atom stereocenters. The van der Waals surface area contributed by atoms with Crippen molar-refractivity contribution < 1.29 is 18.7 Å². The molecule has 1 N–H and O–H groups in total. The summed E-state index contributed by atoms with van der Waals surface area (Å²) in [6.45, 7) is 2.71. The minimum atomic E-state index is -0.446. The fourth-order valence-electron chi connectivity index (χ4n) is 2.79. The standard InChI is InChI=1S/C18H20N2O5/c1-12-9-14(10-17(21)24-12)25-13-7-8-20(11-13)18(22)19-15-5-3-4-6-16(15)23-2/h3-6,9-10,13H,7-8,11H2,1-2H3,(H,19,22)/t13-/m1/s1. The summed E-state index contributed by atoms with van der Waals surface area (Å²) in [5.41, 5.74) is 0.175. The van der Waals surface area contributed by atoms with Gasteiger partial charge in [-0.05, 0) is 19.1 Å². The molecule has 0 aliphatic carbocycles. The zero-order chi connectivity index (χ0) is 17.8. The maximum atomic E-state index is 12.4. The van der Waals surface area contributed by atoms with E-state index in [1.807, 2.05) is 12.1 Å². The Morgan fingerprint density at radius 2 is 2.12 bits per heavy atom. The highest BCUT2D eigenvalue weighted by atomic mass is 16.5. The second-order valence-corrected chi connectivity index (χ2v) is 5.83. The topological polar surface area (TPSA) is 81.0 Å². The van der Waals surface area contributed by atoms with Gasteiger partial charge < -0.3 is 24.1 Å². The summed E-state index contributed by atoms with van der Waals surface area (Å²) in [4.78, 5) is 25.5. The third-order valence-electron chi connectivity index (χ3n) is 3.95. The normalized spacial score (nSPS) is 16.6. The average molecular weight is 344 g/mol. The highest BCUT2D eigenvalue weighted by Gasteiger charge is 2.28. The summed E-state index contributed by atoms with van der Waals surface area (Å²) in [5, 5.41) is 2.85. The molecule has 7 heteroatoms. The van der Waals surface area contributed by atoms with Crippen LogP contribution in [0.25, 0.3) is 0 Å². The summed E-state index contributed by atoms with van der Waals surface area (Å²) in [7, 11) is 1.56. The van der Waals surface area contributed by atoms with Crippen LogP contribution in [-0.2, 0) is 0 Å². The molecule has 0 radical (unpaired) electrons. The van der Waals surface area contributed by atoms with Gasteiger partial charge in [0.2, 0.25) is 0 Å². The molecule has 1 aromatic heterocycles. The third-order valence-corrected chi connectivity index (χ3v) is 3.95. The number of para-hydroxylation sites is 2. The Balaban J connectivity index is 1.60. The van der Waals surface area contributed by atoms with Crippen molar-refractivity contribution in [3.63, 3.8) is 0 Å². The number of likely N-dealkylation sites (tertiary alicyclic amines) is 1. The lowest BCUT2D eigenvalue weighted by molar-refractivity contribution is 0.193. The van der Waals surface area contributed by atoms with Gasteiger partial charge in [0.1, 0.15) is 23.4 Å². The maximum absolute atomic E-state index is 12.4. The van der Waals surface area contributed by atoms with Crippen LogP contribution in [0.3, 0.4) is 0 Å². The van der Waals surface area contributed by atoms with Crippen molar-refractivity contribution in [3.05, 3.63) is 52.6 Å². The van der Waals surface area contributed by atoms with Gasteiger partial charge in [-0.1, -0.05) is 12.1 Å². The Labute approximate surface area is 145 Å². The molecule has 132 valence electrons. The van der Waals surface area contributed by atoms with Gasteiger partial charge in [-0.2, -0.15) is 0 Å². The van der Waals surface area contributed by atoms with Crippen LogP contribution in [0, 0.1) is 6.92 Å². The molecule has 1 aliphatic rings. The number of carbonyl (C=O) groups is 1. The summed E-state index contributed by atoms with van der Waals surface area (Å²) < 4.78 is 15.9. The first kappa shape index (κ1) is 16.9. The molecule has 1 saturated heterocycles. The zero-order valence-electron chi connectivity index (χ0n) is 14.2. The summed E-state index contributed by atoms with van der Waals surface area (Å²) in [6.07, 6.45) is 0.531. The molecule has 2 heterocycles. The van der Waals surface area contributed by atoms with Crippen molar-refractivity contribution in [3.8, 4) is 11.5 Å². The molecule has 1 fully saturated rings. The number of carbonyl (C=O) groups excluding carboxylic acids is 1. The zero-order valence-corrected chi connectivity index (χ0v) is 14.2. The van der Waals surface area contributed by atoms with Crippen molar-refractivity contribution in [1.82, 2.24) is 4.90 Å². The largest absolute Gasteiger partial charge is 0.495 e. The van der Waals surface area contributed by atoms with Gasteiger partial charge in [0.15, 0.2) is 0 Å². The highest BCUT2D eigenvalue weighted by molar-refractivity contribution is 5.91. The van der Waals surface area contributed by atoms with Gasteiger partial charge in [0, 0.05) is 19.0 Å². The van der Waals surface area contributed by atoms with Crippen LogP contribution in [0.4, 0.5) is 10.5 Å². The third kappa shape index (κ3) is 4.12. The Morgan fingerprint density at radius 1 is 1.32 bits per heavy atom. The molecule has 7 nitrogen and oxygen atoms in total. The predicted molar refractivity (Wildman–Crippen MR) is 92.3 cm³/mol. The molecule has 2 aromatic rings. The van der Waals surface area contributed by atoms with E-state index in [1.54, 1.807) is 37.1 Å². The Morgan fingerprint density at radius 3 is 2.88 bits per heavy atom. The number of hydrogen-bond acceptors (Lipinski definition) is 5. The molecule has 0 spiro atoms. The van der Waals surface area contributed by atoms with Crippen LogP contribution in [0.15, 0.2) is 45.6 Å². The van der Waals surface area contributed by atoms with Crippen LogP contribution in [0.2, 0.25) is 0 Å². The van der Waals surface area contributed by atoms with Crippen molar-refractivity contribution in [1.29, 1.82) is 0 Å². The number of benzene rings is 1. The first-order valence-corrected chi connectivity index (χ1v) is 8.02. The van der Waals surface area contributed by atoms with Crippen LogP contribution in [0.1, 0.15) is 12.2 Å². The van der Waals surface area contributed by atoms with Crippen molar-refractivity contribution in [2.24, 2.45) is 0 Å². The van der Waals surface area contributed by atoms with Crippen LogP contribution < -0.4 is 20.4 Å². The summed E-state index contributed by atoms with van der Waals surface area (Å²) in [5.74, 6) is 1.56. The summed E-state index contributed by atoms with van der Waals surface area (Å²) >= 11 is 0. The van der Waals surface area contributed by atoms with E-state index in [0.717, 1.165) is 0 Å². The number of urea groups is 1. The number of aryl methyl sites for hydroxylation is 1. The Kier molecular flexibility index (Phi) is 4.92. The van der Waals surface area contributed by atoms with Crippen molar-refractivity contribution >= 4 is 11.7 Å². The van der Waals surface area contributed by atoms with Gasteiger partial charge in [-0.3, -0.25) is 0 Å². The minimum absolute atomic E-state index is 0.162. The fraction of sp³-hybridized carbons (Fsp3) is 0.333. The smallest absolute Gasteiger partial charge is 0.339 e. The molecule has 3 rings (SSSR count). The lowest BCUT2D eigenvalue weighted by atomic mass is 10.3.